The zero-order chi connectivity index (χ0) is 13.8. The number of aliphatic hydroxyl groups excluding tert-OH is 1. The molecule has 0 fully saturated rings. The Bertz CT molecular complexity index is 535. The Morgan fingerprint density at radius 3 is 2.26 bits per heavy atom. The van der Waals surface area contributed by atoms with E-state index in [0.29, 0.717) is 0 Å². The highest BCUT2D eigenvalue weighted by Gasteiger charge is 2.09. The molecule has 0 spiro atoms. The van der Waals surface area contributed by atoms with Gasteiger partial charge in [0.2, 0.25) is 0 Å². The summed E-state index contributed by atoms with van der Waals surface area (Å²) in [4.78, 5) is 2.06. The van der Waals surface area contributed by atoms with Gasteiger partial charge in [-0.3, -0.25) is 0 Å². The van der Waals surface area contributed by atoms with E-state index < -0.39 is 6.10 Å². The molecule has 1 atom stereocenters. The van der Waals surface area contributed by atoms with Crippen LogP contribution in [0.15, 0.2) is 48.5 Å². The monoisotopic (exact) mass is 257 g/mol. The van der Waals surface area contributed by atoms with Gasteiger partial charge in [0, 0.05) is 12.7 Å². The second kappa shape index (κ2) is 5.76. The molecule has 0 radical (unpaired) electrons. The van der Waals surface area contributed by atoms with E-state index in [2.05, 4.69) is 4.90 Å². The van der Waals surface area contributed by atoms with Crippen LogP contribution in [0.1, 0.15) is 18.6 Å². The maximum absolute atomic E-state index is 9.52. The highest BCUT2D eigenvalue weighted by atomic mass is 16.5. The molecule has 0 unspecified atom stereocenters. The van der Waals surface area contributed by atoms with Crippen LogP contribution in [0.3, 0.4) is 0 Å². The lowest BCUT2D eigenvalue weighted by molar-refractivity contribution is 0.199. The number of methoxy groups -OCH3 is 1. The third-order valence-electron chi connectivity index (χ3n) is 3.21. The molecule has 1 N–H and O–H groups in total. The minimum absolute atomic E-state index is 0.439. The van der Waals surface area contributed by atoms with Gasteiger partial charge in [-0.1, -0.05) is 24.3 Å². The van der Waals surface area contributed by atoms with Crippen LogP contribution in [0, 0.1) is 0 Å². The molecule has 0 aromatic heterocycles. The van der Waals surface area contributed by atoms with Gasteiger partial charge in [-0.25, -0.2) is 0 Å². The van der Waals surface area contributed by atoms with Crippen molar-refractivity contribution in [2.45, 2.75) is 13.0 Å². The Morgan fingerprint density at radius 2 is 1.68 bits per heavy atom. The predicted molar refractivity (Wildman–Crippen MR) is 78.1 cm³/mol. The molecular formula is C16H19NO2. The summed E-state index contributed by atoms with van der Waals surface area (Å²) in [5.74, 6) is 0.838. The molecule has 0 aliphatic carbocycles. The van der Waals surface area contributed by atoms with Crippen LogP contribution in [0.2, 0.25) is 0 Å². The summed E-state index contributed by atoms with van der Waals surface area (Å²) in [5, 5.41) is 9.52. The standard InChI is InChI=1S/C16H19NO2/c1-12(18)13-8-10-14(11-9-13)17(2)15-6-4-5-7-16(15)19-3/h4-12,18H,1-3H3/t12-/m0/s1. The Labute approximate surface area is 114 Å². The smallest absolute Gasteiger partial charge is 0.142 e. The number of aliphatic hydroxyl groups is 1. The van der Waals surface area contributed by atoms with E-state index in [4.69, 9.17) is 4.74 Å². The van der Waals surface area contributed by atoms with Crippen molar-refractivity contribution in [1.82, 2.24) is 0 Å². The van der Waals surface area contributed by atoms with Crippen molar-refractivity contribution in [3.8, 4) is 5.75 Å². The van der Waals surface area contributed by atoms with Crippen molar-refractivity contribution in [3.05, 3.63) is 54.1 Å². The number of nitrogens with zero attached hydrogens (tertiary/aromatic N) is 1. The number of ether oxygens (including phenoxy) is 1. The average Bonchev–Trinajstić information content (AvgIpc) is 2.46. The molecular weight excluding hydrogens is 238 g/mol. The lowest BCUT2D eigenvalue weighted by Crippen LogP contribution is -2.10. The molecule has 3 heteroatoms. The fourth-order valence-corrected chi connectivity index (χ4v) is 2.02. The van der Waals surface area contributed by atoms with Gasteiger partial charge in [-0.05, 0) is 36.8 Å². The van der Waals surface area contributed by atoms with Gasteiger partial charge < -0.3 is 14.7 Å². The van der Waals surface area contributed by atoms with E-state index in [0.717, 1.165) is 22.7 Å². The molecule has 0 aliphatic rings. The van der Waals surface area contributed by atoms with Crippen molar-refractivity contribution in [1.29, 1.82) is 0 Å². The fourth-order valence-electron chi connectivity index (χ4n) is 2.02. The first kappa shape index (κ1) is 13.4. The first-order valence-electron chi connectivity index (χ1n) is 6.28. The molecule has 2 aromatic rings. The van der Waals surface area contributed by atoms with E-state index >= 15 is 0 Å². The molecule has 0 aliphatic heterocycles. The summed E-state index contributed by atoms with van der Waals surface area (Å²) >= 11 is 0. The predicted octanol–water partition coefficient (Wildman–Crippen LogP) is 3.52. The van der Waals surface area contributed by atoms with E-state index in [1.165, 1.54) is 0 Å². The Kier molecular flexibility index (Phi) is 4.07. The van der Waals surface area contributed by atoms with Gasteiger partial charge in [0.05, 0.1) is 18.9 Å². The minimum Gasteiger partial charge on any atom is -0.495 e. The van der Waals surface area contributed by atoms with Gasteiger partial charge in [-0.2, -0.15) is 0 Å². The number of benzene rings is 2. The molecule has 0 saturated heterocycles. The van der Waals surface area contributed by atoms with Crippen LogP contribution in [0.25, 0.3) is 0 Å². The molecule has 2 rings (SSSR count). The second-order valence-corrected chi connectivity index (χ2v) is 4.50. The third-order valence-corrected chi connectivity index (χ3v) is 3.21. The van der Waals surface area contributed by atoms with E-state index in [-0.39, 0.29) is 0 Å². The zero-order valence-corrected chi connectivity index (χ0v) is 11.5. The number of hydrogen-bond acceptors (Lipinski definition) is 3. The van der Waals surface area contributed by atoms with Crippen LogP contribution < -0.4 is 9.64 Å². The topological polar surface area (TPSA) is 32.7 Å². The zero-order valence-electron chi connectivity index (χ0n) is 11.5. The second-order valence-electron chi connectivity index (χ2n) is 4.50. The Hall–Kier alpha value is -2.00. The Balaban J connectivity index is 2.30. The van der Waals surface area contributed by atoms with Crippen LogP contribution in [-0.2, 0) is 0 Å². The minimum atomic E-state index is -0.439. The first-order valence-corrected chi connectivity index (χ1v) is 6.28. The molecule has 0 heterocycles. The lowest BCUT2D eigenvalue weighted by atomic mass is 10.1. The van der Waals surface area contributed by atoms with Crippen molar-refractivity contribution in [2.24, 2.45) is 0 Å². The van der Waals surface area contributed by atoms with Crippen LogP contribution in [0.5, 0.6) is 5.75 Å². The summed E-state index contributed by atoms with van der Waals surface area (Å²) in [5.41, 5.74) is 2.97. The van der Waals surface area contributed by atoms with Gasteiger partial charge in [0.15, 0.2) is 0 Å². The van der Waals surface area contributed by atoms with Gasteiger partial charge in [0.1, 0.15) is 5.75 Å². The normalized spacial score (nSPS) is 12.0. The van der Waals surface area contributed by atoms with Crippen LogP contribution in [0.4, 0.5) is 11.4 Å². The maximum Gasteiger partial charge on any atom is 0.142 e. The summed E-state index contributed by atoms with van der Waals surface area (Å²) < 4.78 is 5.37. The number of para-hydroxylation sites is 2. The summed E-state index contributed by atoms with van der Waals surface area (Å²) in [6.07, 6.45) is -0.439. The molecule has 100 valence electrons. The first-order chi connectivity index (χ1) is 9.13. The molecule has 0 saturated carbocycles. The number of rotatable bonds is 4. The van der Waals surface area contributed by atoms with E-state index in [1.54, 1.807) is 14.0 Å². The molecule has 3 nitrogen and oxygen atoms in total. The maximum atomic E-state index is 9.52. The van der Waals surface area contributed by atoms with Gasteiger partial charge in [-0.15, -0.1) is 0 Å². The summed E-state index contributed by atoms with van der Waals surface area (Å²) in [6, 6.07) is 15.8. The molecule has 0 amide bonds. The summed E-state index contributed by atoms with van der Waals surface area (Å²) in [6.45, 7) is 1.76. The quantitative estimate of drug-likeness (QED) is 0.909. The van der Waals surface area contributed by atoms with Crippen molar-refractivity contribution in [3.63, 3.8) is 0 Å². The van der Waals surface area contributed by atoms with Gasteiger partial charge in [0.25, 0.3) is 0 Å². The van der Waals surface area contributed by atoms with Crippen molar-refractivity contribution < 1.29 is 9.84 Å². The van der Waals surface area contributed by atoms with Gasteiger partial charge >= 0.3 is 0 Å². The fraction of sp³-hybridized carbons (Fsp3) is 0.250. The molecule has 0 bridgehead atoms. The van der Waals surface area contributed by atoms with E-state index in [9.17, 15) is 5.11 Å². The lowest BCUT2D eigenvalue weighted by Gasteiger charge is -2.22. The molecule has 2 aromatic carbocycles. The largest absolute Gasteiger partial charge is 0.495 e. The van der Waals surface area contributed by atoms with Crippen molar-refractivity contribution in [2.75, 3.05) is 19.1 Å². The molecule has 19 heavy (non-hydrogen) atoms. The summed E-state index contributed by atoms with van der Waals surface area (Å²) in [7, 11) is 3.67. The van der Waals surface area contributed by atoms with Crippen LogP contribution in [-0.4, -0.2) is 19.3 Å². The Morgan fingerprint density at radius 1 is 1.05 bits per heavy atom. The highest BCUT2D eigenvalue weighted by molar-refractivity contribution is 5.68. The number of anilines is 2. The highest BCUT2D eigenvalue weighted by Crippen LogP contribution is 2.32. The third kappa shape index (κ3) is 2.88. The number of hydrogen-bond donors (Lipinski definition) is 1. The van der Waals surface area contributed by atoms with Crippen molar-refractivity contribution >= 4 is 11.4 Å². The van der Waals surface area contributed by atoms with E-state index in [1.807, 2.05) is 55.6 Å². The average molecular weight is 257 g/mol. The van der Waals surface area contributed by atoms with Crippen LogP contribution >= 0.6 is 0 Å². The SMILES string of the molecule is COc1ccccc1N(C)c1ccc([C@H](C)O)cc1.